The zero-order valence-electron chi connectivity index (χ0n) is 19.2. The maximum absolute atomic E-state index is 13.3. The lowest BCUT2D eigenvalue weighted by Crippen LogP contribution is -2.54. The molecule has 3 rings (SSSR count). The first kappa shape index (κ1) is 23.5. The SMILES string of the molecule is CCN(CC)C(=O)C(NC(=O)c1ccccc1)C1CCN(C(=O)c2ccc(C)cc2)CC1. The quantitative estimate of drug-likeness (QED) is 0.724. The fourth-order valence-electron chi connectivity index (χ4n) is 4.24. The number of likely N-dealkylation sites (tertiary alicyclic amines) is 1. The third-order valence-corrected chi connectivity index (χ3v) is 6.26. The molecule has 3 amide bonds. The Bertz CT molecular complexity index is 915. The molecule has 170 valence electrons. The van der Waals surface area contributed by atoms with Gasteiger partial charge in [-0.1, -0.05) is 35.9 Å². The van der Waals surface area contributed by atoms with Crippen molar-refractivity contribution >= 4 is 17.7 Å². The van der Waals surface area contributed by atoms with Gasteiger partial charge in [0.25, 0.3) is 11.8 Å². The third-order valence-electron chi connectivity index (χ3n) is 6.26. The monoisotopic (exact) mass is 435 g/mol. The molecule has 0 aromatic heterocycles. The number of aryl methyl sites for hydroxylation is 1. The molecule has 6 nitrogen and oxygen atoms in total. The molecule has 1 aliphatic rings. The molecule has 1 atom stereocenters. The van der Waals surface area contributed by atoms with Crippen LogP contribution in [0.15, 0.2) is 54.6 Å². The zero-order valence-corrected chi connectivity index (χ0v) is 19.2. The Morgan fingerprint density at radius 1 is 0.938 bits per heavy atom. The van der Waals surface area contributed by atoms with Gasteiger partial charge in [-0.3, -0.25) is 14.4 Å². The number of nitrogens with zero attached hydrogens (tertiary/aromatic N) is 2. The lowest BCUT2D eigenvalue weighted by Gasteiger charge is -2.37. The summed E-state index contributed by atoms with van der Waals surface area (Å²) >= 11 is 0. The van der Waals surface area contributed by atoms with Gasteiger partial charge >= 0.3 is 0 Å². The average Bonchev–Trinajstić information content (AvgIpc) is 2.84. The normalized spacial score (nSPS) is 15.2. The summed E-state index contributed by atoms with van der Waals surface area (Å²) in [6.45, 7) is 8.22. The van der Waals surface area contributed by atoms with Gasteiger partial charge in [-0.15, -0.1) is 0 Å². The van der Waals surface area contributed by atoms with Crippen molar-refractivity contribution in [3.8, 4) is 0 Å². The van der Waals surface area contributed by atoms with Crippen LogP contribution in [-0.4, -0.2) is 59.7 Å². The number of amides is 3. The maximum atomic E-state index is 13.3. The number of hydrogen-bond donors (Lipinski definition) is 1. The van der Waals surface area contributed by atoms with Gasteiger partial charge in [-0.05, 0) is 63.8 Å². The number of rotatable bonds is 7. The number of likely N-dealkylation sites (N-methyl/N-ethyl adjacent to an activating group) is 1. The molecule has 0 saturated carbocycles. The second-order valence-corrected chi connectivity index (χ2v) is 8.32. The third kappa shape index (κ3) is 5.55. The molecule has 0 aliphatic carbocycles. The number of piperidine rings is 1. The average molecular weight is 436 g/mol. The molecule has 1 aliphatic heterocycles. The van der Waals surface area contributed by atoms with Gasteiger partial charge in [0.1, 0.15) is 6.04 Å². The summed E-state index contributed by atoms with van der Waals surface area (Å²) in [5.41, 5.74) is 2.34. The molecular formula is C26H33N3O3. The van der Waals surface area contributed by atoms with Crippen LogP contribution >= 0.6 is 0 Å². The van der Waals surface area contributed by atoms with Gasteiger partial charge < -0.3 is 15.1 Å². The highest BCUT2D eigenvalue weighted by molar-refractivity contribution is 5.97. The number of carbonyl (C=O) groups excluding carboxylic acids is 3. The molecule has 1 fully saturated rings. The largest absolute Gasteiger partial charge is 0.341 e. The number of nitrogens with one attached hydrogen (secondary N) is 1. The Labute approximate surface area is 190 Å². The first-order valence-corrected chi connectivity index (χ1v) is 11.4. The van der Waals surface area contributed by atoms with E-state index in [4.69, 9.17) is 0 Å². The molecule has 1 N–H and O–H groups in total. The summed E-state index contributed by atoms with van der Waals surface area (Å²) in [7, 11) is 0. The second kappa shape index (κ2) is 10.9. The van der Waals surface area contributed by atoms with Crippen molar-refractivity contribution in [3.63, 3.8) is 0 Å². The van der Waals surface area contributed by atoms with Gasteiger partial charge in [-0.25, -0.2) is 0 Å². The van der Waals surface area contributed by atoms with E-state index in [0.717, 1.165) is 5.56 Å². The van der Waals surface area contributed by atoms with Crippen LogP contribution in [0.3, 0.4) is 0 Å². The van der Waals surface area contributed by atoms with E-state index >= 15 is 0 Å². The van der Waals surface area contributed by atoms with Gasteiger partial charge in [0.2, 0.25) is 5.91 Å². The summed E-state index contributed by atoms with van der Waals surface area (Å²) in [5.74, 6) is -0.293. The molecule has 6 heteroatoms. The molecular weight excluding hydrogens is 402 g/mol. The van der Waals surface area contributed by atoms with E-state index in [9.17, 15) is 14.4 Å². The minimum atomic E-state index is -0.598. The van der Waals surface area contributed by atoms with E-state index in [1.807, 2.05) is 68.1 Å². The van der Waals surface area contributed by atoms with Gasteiger partial charge in [0.15, 0.2) is 0 Å². The van der Waals surface area contributed by atoms with E-state index in [1.165, 1.54) is 0 Å². The number of benzene rings is 2. The van der Waals surface area contributed by atoms with Crippen molar-refractivity contribution < 1.29 is 14.4 Å². The highest BCUT2D eigenvalue weighted by Gasteiger charge is 2.35. The zero-order chi connectivity index (χ0) is 23.1. The van der Waals surface area contributed by atoms with Gasteiger partial charge in [-0.2, -0.15) is 0 Å². The Hall–Kier alpha value is -3.15. The summed E-state index contributed by atoms with van der Waals surface area (Å²) < 4.78 is 0. The van der Waals surface area contributed by atoms with Crippen molar-refractivity contribution in [1.29, 1.82) is 0 Å². The smallest absolute Gasteiger partial charge is 0.253 e. The molecule has 2 aromatic carbocycles. The van der Waals surface area contributed by atoms with Crippen LogP contribution in [0, 0.1) is 12.8 Å². The van der Waals surface area contributed by atoms with Gasteiger partial charge in [0.05, 0.1) is 0 Å². The van der Waals surface area contributed by atoms with E-state index in [1.54, 1.807) is 17.0 Å². The second-order valence-electron chi connectivity index (χ2n) is 8.32. The first-order chi connectivity index (χ1) is 15.4. The Morgan fingerprint density at radius 2 is 1.53 bits per heavy atom. The van der Waals surface area contributed by atoms with E-state index in [2.05, 4.69) is 5.32 Å². The predicted octanol–water partition coefficient (Wildman–Crippen LogP) is 3.51. The van der Waals surface area contributed by atoms with Crippen molar-refractivity contribution in [3.05, 3.63) is 71.3 Å². The standard InChI is InChI=1S/C26H33N3O3/c1-4-28(5-2)26(32)23(27-24(30)21-9-7-6-8-10-21)20-15-17-29(18-16-20)25(31)22-13-11-19(3)12-14-22/h6-14,20,23H,4-5,15-18H2,1-3H3,(H,27,30). The molecule has 1 unspecified atom stereocenters. The minimum Gasteiger partial charge on any atom is -0.341 e. The number of carbonyl (C=O) groups is 3. The van der Waals surface area contributed by atoms with Crippen LogP contribution < -0.4 is 5.32 Å². The minimum absolute atomic E-state index is 0.0159. The van der Waals surface area contributed by atoms with Crippen LogP contribution in [0.25, 0.3) is 0 Å². The van der Waals surface area contributed by atoms with E-state index in [0.29, 0.717) is 50.1 Å². The predicted molar refractivity (Wildman–Crippen MR) is 125 cm³/mol. The highest BCUT2D eigenvalue weighted by atomic mass is 16.2. The highest BCUT2D eigenvalue weighted by Crippen LogP contribution is 2.24. The summed E-state index contributed by atoms with van der Waals surface area (Å²) in [4.78, 5) is 42.6. The Morgan fingerprint density at radius 3 is 2.09 bits per heavy atom. The maximum Gasteiger partial charge on any atom is 0.253 e. The van der Waals surface area contributed by atoms with Crippen LogP contribution in [0.1, 0.15) is 53.0 Å². The van der Waals surface area contributed by atoms with Crippen molar-refractivity contribution in [2.24, 2.45) is 5.92 Å². The lowest BCUT2D eigenvalue weighted by atomic mass is 9.87. The summed E-state index contributed by atoms with van der Waals surface area (Å²) in [6, 6.07) is 16.0. The molecule has 2 aromatic rings. The molecule has 1 heterocycles. The van der Waals surface area contributed by atoms with E-state index < -0.39 is 6.04 Å². The fraction of sp³-hybridized carbons (Fsp3) is 0.423. The van der Waals surface area contributed by atoms with Crippen LogP contribution in [-0.2, 0) is 4.79 Å². The van der Waals surface area contributed by atoms with E-state index in [-0.39, 0.29) is 23.6 Å². The first-order valence-electron chi connectivity index (χ1n) is 11.4. The fourth-order valence-corrected chi connectivity index (χ4v) is 4.24. The van der Waals surface area contributed by atoms with Crippen molar-refractivity contribution in [2.75, 3.05) is 26.2 Å². The Balaban J connectivity index is 1.71. The summed E-state index contributed by atoms with van der Waals surface area (Å²) in [5, 5.41) is 3.00. The van der Waals surface area contributed by atoms with Crippen LogP contribution in [0.2, 0.25) is 0 Å². The molecule has 0 radical (unpaired) electrons. The van der Waals surface area contributed by atoms with Crippen LogP contribution in [0.5, 0.6) is 0 Å². The molecule has 1 saturated heterocycles. The van der Waals surface area contributed by atoms with Crippen molar-refractivity contribution in [2.45, 2.75) is 39.7 Å². The number of hydrogen-bond acceptors (Lipinski definition) is 3. The topological polar surface area (TPSA) is 69.7 Å². The van der Waals surface area contributed by atoms with Crippen LogP contribution in [0.4, 0.5) is 0 Å². The Kier molecular flexibility index (Phi) is 8.03. The van der Waals surface area contributed by atoms with Crippen molar-refractivity contribution in [1.82, 2.24) is 15.1 Å². The molecule has 32 heavy (non-hydrogen) atoms. The summed E-state index contributed by atoms with van der Waals surface area (Å²) in [6.07, 6.45) is 1.34. The molecule has 0 spiro atoms. The van der Waals surface area contributed by atoms with Gasteiger partial charge in [0, 0.05) is 37.3 Å². The lowest BCUT2D eigenvalue weighted by molar-refractivity contribution is -0.134. The molecule has 0 bridgehead atoms.